The Morgan fingerprint density at radius 1 is 1.21 bits per heavy atom. The summed E-state index contributed by atoms with van der Waals surface area (Å²) in [7, 11) is 1.52. The Morgan fingerprint density at radius 3 is 2.52 bits per heavy atom. The molecular weight excluding hydrogens is 478 g/mol. The number of thioether (sulfide) groups is 1. The maximum atomic E-state index is 12.8. The molecule has 0 spiro atoms. The van der Waals surface area contributed by atoms with Gasteiger partial charge in [0.15, 0.2) is 11.5 Å². The van der Waals surface area contributed by atoms with Gasteiger partial charge < -0.3 is 9.47 Å². The molecule has 8 heteroatoms. The highest BCUT2D eigenvalue weighted by Gasteiger charge is 2.35. The normalized spacial score (nSPS) is 15.5. The SMILES string of the molecule is COc1cc(/C=C2\SC(=O)N(Cc3ccc(Br)cc3)C2=O)cc(Cl)c1OC(C)C. The first-order valence-corrected chi connectivity index (χ1v) is 10.8. The minimum absolute atomic E-state index is 0.0673. The first-order chi connectivity index (χ1) is 13.8. The van der Waals surface area contributed by atoms with E-state index in [1.165, 1.54) is 12.0 Å². The summed E-state index contributed by atoms with van der Waals surface area (Å²) in [6.07, 6.45) is 1.57. The molecule has 3 rings (SSSR count). The number of carbonyl (C=O) groups is 2. The van der Waals surface area contributed by atoms with E-state index in [0.29, 0.717) is 27.0 Å². The Hall–Kier alpha value is -1.96. The van der Waals surface area contributed by atoms with Gasteiger partial charge in [0, 0.05) is 4.47 Å². The van der Waals surface area contributed by atoms with Crippen molar-refractivity contribution in [1.29, 1.82) is 0 Å². The number of carbonyl (C=O) groups excluding carboxylic acids is 2. The molecule has 0 aromatic heterocycles. The zero-order chi connectivity index (χ0) is 21.1. The van der Waals surface area contributed by atoms with Gasteiger partial charge in [0.25, 0.3) is 11.1 Å². The van der Waals surface area contributed by atoms with Crippen LogP contribution in [0.5, 0.6) is 11.5 Å². The van der Waals surface area contributed by atoms with Crippen LogP contribution in [0.2, 0.25) is 5.02 Å². The van der Waals surface area contributed by atoms with Crippen molar-refractivity contribution < 1.29 is 19.1 Å². The maximum Gasteiger partial charge on any atom is 0.293 e. The zero-order valence-electron chi connectivity index (χ0n) is 16.1. The van der Waals surface area contributed by atoms with Crippen molar-refractivity contribution in [2.45, 2.75) is 26.5 Å². The summed E-state index contributed by atoms with van der Waals surface area (Å²) in [5.74, 6) is 0.580. The highest BCUT2D eigenvalue weighted by molar-refractivity contribution is 9.10. The smallest absolute Gasteiger partial charge is 0.293 e. The monoisotopic (exact) mass is 495 g/mol. The van der Waals surface area contributed by atoms with Crippen LogP contribution < -0.4 is 9.47 Å². The third-order valence-electron chi connectivity index (χ3n) is 4.03. The van der Waals surface area contributed by atoms with Crippen LogP contribution in [-0.4, -0.2) is 29.3 Å². The molecule has 0 N–H and O–H groups in total. The minimum atomic E-state index is -0.333. The number of halogens is 2. The molecule has 29 heavy (non-hydrogen) atoms. The van der Waals surface area contributed by atoms with Gasteiger partial charge in [-0.2, -0.15) is 0 Å². The van der Waals surface area contributed by atoms with Crippen molar-refractivity contribution in [3.05, 3.63) is 61.9 Å². The average Bonchev–Trinajstić information content (AvgIpc) is 2.92. The van der Waals surface area contributed by atoms with Gasteiger partial charge in [-0.1, -0.05) is 39.7 Å². The number of methoxy groups -OCH3 is 1. The topological polar surface area (TPSA) is 55.8 Å². The van der Waals surface area contributed by atoms with Gasteiger partial charge in [-0.25, -0.2) is 0 Å². The molecule has 1 aliphatic heterocycles. The molecule has 1 fully saturated rings. The summed E-state index contributed by atoms with van der Waals surface area (Å²) in [4.78, 5) is 26.7. The van der Waals surface area contributed by atoms with Crippen LogP contribution in [0.15, 0.2) is 45.8 Å². The summed E-state index contributed by atoms with van der Waals surface area (Å²) < 4.78 is 12.0. The van der Waals surface area contributed by atoms with Gasteiger partial charge in [0.05, 0.1) is 29.7 Å². The highest BCUT2D eigenvalue weighted by atomic mass is 79.9. The first-order valence-electron chi connectivity index (χ1n) is 8.82. The molecule has 1 heterocycles. The lowest BCUT2D eigenvalue weighted by atomic mass is 10.1. The minimum Gasteiger partial charge on any atom is -0.493 e. The van der Waals surface area contributed by atoms with Gasteiger partial charge in [-0.15, -0.1) is 0 Å². The van der Waals surface area contributed by atoms with Crippen LogP contribution in [-0.2, 0) is 11.3 Å². The Labute approximate surface area is 187 Å². The summed E-state index contributed by atoms with van der Waals surface area (Å²) in [6, 6.07) is 10.9. The van der Waals surface area contributed by atoms with E-state index in [1.807, 2.05) is 38.1 Å². The second-order valence-corrected chi connectivity index (χ2v) is 8.91. The molecule has 2 aromatic carbocycles. The van der Waals surface area contributed by atoms with Gasteiger partial charge in [-0.05, 0) is 67.1 Å². The van der Waals surface area contributed by atoms with Crippen molar-refractivity contribution in [3.63, 3.8) is 0 Å². The molecule has 1 aliphatic rings. The van der Waals surface area contributed by atoms with Crippen molar-refractivity contribution in [2.75, 3.05) is 7.11 Å². The van der Waals surface area contributed by atoms with Crippen molar-refractivity contribution in [1.82, 2.24) is 4.90 Å². The fourth-order valence-electron chi connectivity index (χ4n) is 2.73. The van der Waals surface area contributed by atoms with Crippen molar-refractivity contribution >= 4 is 56.5 Å². The number of nitrogens with zero attached hydrogens (tertiary/aromatic N) is 1. The van der Waals surface area contributed by atoms with E-state index < -0.39 is 0 Å². The Morgan fingerprint density at radius 2 is 1.90 bits per heavy atom. The maximum absolute atomic E-state index is 12.8. The molecule has 0 aliphatic carbocycles. The molecule has 0 saturated carbocycles. The fourth-order valence-corrected chi connectivity index (χ4v) is 4.10. The molecule has 2 aromatic rings. The third kappa shape index (κ3) is 5.15. The van der Waals surface area contributed by atoms with E-state index in [1.54, 1.807) is 18.2 Å². The van der Waals surface area contributed by atoms with E-state index in [0.717, 1.165) is 21.8 Å². The lowest BCUT2D eigenvalue weighted by Crippen LogP contribution is -2.27. The van der Waals surface area contributed by atoms with Gasteiger partial charge in [0.2, 0.25) is 0 Å². The second-order valence-electron chi connectivity index (χ2n) is 6.60. The largest absolute Gasteiger partial charge is 0.493 e. The molecule has 0 atom stereocenters. The Balaban J connectivity index is 1.85. The highest BCUT2D eigenvalue weighted by Crippen LogP contribution is 2.39. The van der Waals surface area contributed by atoms with E-state index in [2.05, 4.69) is 15.9 Å². The Bertz CT molecular complexity index is 975. The van der Waals surface area contributed by atoms with Gasteiger partial charge in [0.1, 0.15) is 0 Å². The van der Waals surface area contributed by atoms with Crippen molar-refractivity contribution in [3.8, 4) is 11.5 Å². The predicted octanol–water partition coefficient (Wildman–Crippen LogP) is 6.13. The number of amides is 2. The fraction of sp³-hybridized carbons (Fsp3) is 0.238. The average molecular weight is 497 g/mol. The number of rotatable bonds is 6. The lowest BCUT2D eigenvalue weighted by molar-refractivity contribution is -0.123. The zero-order valence-corrected chi connectivity index (χ0v) is 19.2. The van der Waals surface area contributed by atoms with E-state index in [9.17, 15) is 9.59 Å². The van der Waals surface area contributed by atoms with Crippen LogP contribution in [0.3, 0.4) is 0 Å². The number of hydrogen-bond acceptors (Lipinski definition) is 5. The summed E-state index contributed by atoms with van der Waals surface area (Å²) in [6.45, 7) is 4.01. The van der Waals surface area contributed by atoms with E-state index in [4.69, 9.17) is 21.1 Å². The van der Waals surface area contributed by atoms with Gasteiger partial charge in [-0.3, -0.25) is 14.5 Å². The molecule has 1 saturated heterocycles. The quantitative estimate of drug-likeness (QED) is 0.450. The van der Waals surface area contributed by atoms with Crippen LogP contribution in [0.25, 0.3) is 6.08 Å². The molecule has 0 bridgehead atoms. The Kier molecular flexibility index (Phi) is 6.93. The lowest BCUT2D eigenvalue weighted by Gasteiger charge is -2.15. The molecule has 0 unspecified atom stereocenters. The van der Waals surface area contributed by atoms with Crippen LogP contribution in [0.4, 0.5) is 4.79 Å². The standard InChI is InChI=1S/C21H19BrClNO4S/c1-12(2)28-19-16(23)8-14(9-17(19)27-3)10-18-20(25)24(21(26)29-18)11-13-4-6-15(22)7-5-13/h4-10,12H,11H2,1-3H3/b18-10-. The van der Waals surface area contributed by atoms with E-state index >= 15 is 0 Å². The molecule has 152 valence electrons. The molecule has 2 amide bonds. The number of hydrogen-bond donors (Lipinski definition) is 0. The summed E-state index contributed by atoms with van der Waals surface area (Å²) in [5, 5.41) is 0.0698. The van der Waals surface area contributed by atoms with Crippen LogP contribution >= 0.6 is 39.3 Å². The second kappa shape index (κ2) is 9.24. The summed E-state index contributed by atoms with van der Waals surface area (Å²) >= 11 is 10.6. The third-order valence-corrected chi connectivity index (χ3v) is 5.75. The van der Waals surface area contributed by atoms with Crippen LogP contribution in [0, 0.1) is 0 Å². The van der Waals surface area contributed by atoms with Crippen molar-refractivity contribution in [2.24, 2.45) is 0 Å². The first kappa shape index (κ1) is 21.7. The number of benzene rings is 2. The molecular formula is C21H19BrClNO4S. The number of imide groups is 1. The molecule has 0 radical (unpaired) electrons. The van der Waals surface area contributed by atoms with E-state index in [-0.39, 0.29) is 23.8 Å². The summed E-state index contributed by atoms with van der Waals surface area (Å²) in [5.41, 5.74) is 1.52. The number of ether oxygens (including phenoxy) is 2. The van der Waals surface area contributed by atoms with Gasteiger partial charge >= 0.3 is 0 Å². The molecule has 5 nitrogen and oxygen atoms in total. The predicted molar refractivity (Wildman–Crippen MR) is 119 cm³/mol. The van der Waals surface area contributed by atoms with Crippen LogP contribution in [0.1, 0.15) is 25.0 Å².